The monoisotopic (exact) mass is 297 g/mol. The Morgan fingerprint density at radius 2 is 2.00 bits per heavy atom. The fraction of sp³-hybridized carbons (Fsp3) is 0.467. The van der Waals surface area contributed by atoms with Crippen LogP contribution >= 0.6 is 0 Å². The van der Waals surface area contributed by atoms with E-state index >= 15 is 0 Å². The van der Waals surface area contributed by atoms with Crippen LogP contribution in [0.2, 0.25) is 0 Å². The number of methoxy groups -OCH3 is 1. The van der Waals surface area contributed by atoms with E-state index in [9.17, 15) is 14.0 Å². The lowest BCUT2D eigenvalue weighted by Gasteiger charge is -2.18. The molecule has 0 heterocycles. The molecular weight excluding hydrogens is 277 g/mol. The zero-order chi connectivity index (χ0) is 15.8. The first-order chi connectivity index (χ1) is 9.95. The summed E-state index contributed by atoms with van der Waals surface area (Å²) in [6, 6.07) is 3.97. The highest BCUT2D eigenvalue weighted by atomic mass is 19.1. The van der Waals surface area contributed by atoms with Crippen LogP contribution in [0.3, 0.4) is 0 Å². The smallest absolute Gasteiger partial charge is 0.303 e. The van der Waals surface area contributed by atoms with Crippen molar-refractivity contribution in [1.82, 2.24) is 5.32 Å². The number of carbonyl (C=O) groups is 2. The highest BCUT2D eigenvalue weighted by Crippen LogP contribution is 2.27. The van der Waals surface area contributed by atoms with Crippen LogP contribution in [0.1, 0.15) is 44.2 Å². The van der Waals surface area contributed by atoms with Gasteiger partial charge in [0.2, 0.25) is 5.91 Å². The molecule has 5 nitrogen and oxygen atoms in total. The molecule has 0 aliphatic heterocycles. The fourth-order valence-corrected chi connectivity index (χ4v) is 2.06. The van der Waals surface area contributed by atoms with E-state index in [-0.39, 0.29) is 18.7 Å². The first-order valence-corrected chi connectivity index (χ1v) is 6.79. The molecule has 0 bridgehead atoms. The Morgan fingerprint density at radius 1 is 1.33 bits per heavy atom. The third-order valence-electron chi connectivity index (χ3n) is 3.09. The molecule has 0 saturated carbocycles. The van der Waals surface area contributed by atoms with Crippen LogP contribution in [0.15, 0.2) is 18.2 Å². The van der Waals surface area contributed by atoms with Crippen LogP contribution in [0, 0.1) is 5.82 Å². The SMILES string of the molecule is COc1cccc(F)c1C(C)NC(=O)CCCCC(=O)O. The van der Waals surface area contributed by atoms with Gasteiger partial charge in [-0.15, -0.1) is 0 Å². The van der Waals surface area contributed by atoms with Gasteiger partial charge < -0.3 is 15.2 Å². The normalized spacial score (nSPS) is 11.8. The molecule has 0 aliphatic carbocycles. The number of hydrogen-bond acceptors (Lipinski definition) is 3. The van der Waals surface area contributed by atoms with Crippen LogP contribution in [0.25, 0.3) is 0 Å². The Bertz CT molecular complexity index is 504. The zero-order valence-electron chi connectivity index (χ0n) is 12.2. The number of amides is 1. The molecule has 0 radical (unpaired) electrons. The number of rotatable bonds is 8. The summed E-state index contributed by atoms with van der Waals surface area (Å²) < 4.78 is 18.9. The summed E-state index contributed by atoms with van der Waals surface area (Å²) in [7, 11) is 1.44. The van der Waals surface area contributed by atoms with E-state index in [0.29, 0.717) is 24.2 Å². The Hall–Kier alpha value is -2.11. The molecule has 2 N–H and O–H groups in total. The lowest BCUT2D eigenvalue weighted by atomic mass is 10.1. The van der Waals surface area contributed by atoms with Crippen LogP contribution in [-0.2, 0) is 9.59 Å². The minimum atomic E-state index is -0.875. The summed E-state index contributed by atoms with van der Waals surface area (Å²) >= 11 is 0. The van der Waals surface area contributed by atoms with Gasteiger partial charge >= 0.3 is 5.97 Å². The van der Waals surface area contributed by atoms with Gasteiger partial charge in [0.05, 0.1) is 18.7 Å². The van der Waals surface area contributed by atoms with Crippen molar-refractivity contribution in [3.05, 3.63) is 29.6 Å². The number of unbranched alkanes of at least 4 members (excludes halogenated alkanes) is 1. The fourth-order valence-electron chi connectivity index (χ4n) is 2.06. The van der Waals surface area contributed by atoms with E-state index < -0.39 is 17.8 Å². The number of ether oxygens (including phenoxy) is 1. The Morgan fingerprint density at radius 3 is 2.62 bits per heavy atom. The molecule has 1 aromatic carbocycles. The second-order valence-electron chi connectivity index (χ2n) is 4.75. The van der Waals surface area contributed by atoms with Crippen molar-refractivity contribution in [2.75, 3.05) is 7.11 Å². The van der Waals surface area contributed by atoms with Crippen molar-refractivity contribution in [2.45, 2.75) is 38.6 Å². The lowest BCUT2D eigenvalue weighted by Crippen LogP contribution is -2.27. The number of carboxylic acid groups (broad SMARTS) is 1. The predicted molar refractivity (Wildman–Crippen MR) is 75.6 cm³/mol. The second kappa shape index (κ2) is 8.24. The molecule has 1 atom stereocenters. The Balaban J connectivity index is 2.55. The molecule has 21 heavy (non-hydrogen) atoms. The molecule has 0 aliphatic rings. The second-order valence-corrected chi connectivity index (χ2v) is 4.75. The largest absolute Gasteiger partial charge is 0.496 e. The maximum Gasteiger partial charge on any atom is 0.303 e. The number of carboxylic acids is 1. The summed E-state index contributed by atoms with van der Waals surface area (Å²) in [6.07, 6.45) is 1.19. The molecule has 0 aromatic heterocycles. The van der Waals surface area contributed by atoms with Gasteiger partial charge in [0.15, 0.2) is 0 Å². The number of aliphatic carboxylic acids is 1. The third kappa shape index (κ3) is 5.41. The highest BCUT2D eigenvalue weighted by molar-refractivity contribution is 5.76. The standard InChI is InChI=1S/C15H20FNO4/c1-10(15-11(16)6-5-7-12(15)21-2)17-13(18)8-3-4-9-14(19)20/h5-7,10H,3-4,8-9H2,1-2H3,(H,17,18)(H,19,20). The van der Waals surface area contributed by atoms with Gasteiger partial charge in [-0.1, -0.05) is 6.07 Å². The van der Waals surface area contributed by atoms with E-state index in [1.807, 2.05) is 0 Å². The summed E-state index contributed by atoms with van der Waals surface area (Å²) in [6.45, 7) is 1.68. The van der Waals surface area contributed by atoms with Gasteiger partial charge in [-0.3, -0.25) is 9.59 Å². The Kier molecular flexibility index (Phi) is 6.65. The van der Waals surface area contributed by atoms with Gasteiger partial charge in [-0.2, -0.15) is 0 Å². The van der Waals surface area contributed by atoms with E-state index in [0.717, 1.165) is 0 Å². The van der Waals surface area contributed by atoms with Gasteiger partial charge in [0.25, 0.3) is 0 Å². The maximum atomic E-state index is 13.8. The summed E-state index contributed by atoms with van der Waals surface area (Å²) in [4.78, 5) is 22.1. The third-order valence-corrected chi connectivity index (χ3v) is 3.09. The molecule has 0 spiro atoms. The topological polar surface area (TPSA) is 75.6 Å². The minimum Gasteiger partial charge on any atom is -0.496 e. The first kappa shape index (κ1) is 16.9. The number of benzene rings is 1. The maximum absolute atomic E-state index is 13.8. The van der Waals surface area contributed by atoms with Gasteiger partial charge in [0.1, 0.15) is 11.6 Å². The van der Waals surface area contributed by atoms with Crippen LogP contribution in [0.5, 0.6) is 5.75 Å². The molecule has 116 valence electrons. The van der Waals surface area contributed by atoms with E-state index in [1.54, 1.807) is 13.0 Å². The summed E-state index contributed by atoms with van der Waals surface area (Å²) in [5.74, 6) is -1.17. The molecule has 1 aromatic rings. The van der Waals surface area contributed by atoms with Crippen molar-refractivity contribution in [3.8, 4) is 5.75 Å². The van der Waals surface area contributed by atoms with Crippen LogP contribution in [0.4, 0.5) is 4.39 Å². The Labute approximate surface area is 123 Å². The van der Waals surface area contributed by atoms with E-state index in [1.165, 1.54) is 19.2 Å². The van der Waals surface area contributed by atoms with Crippen molar-refractivity contribution in [2.24, 2.45) is 0 Å². The van der Waals surface area contributed by atoms with Gasteiger partial charge in [-0.05, 0) is 31.9 Å². The summed E-state index contributed by atoms with van der Waals surface area (Å²) in [5.41, 5.74) is 0.305. The van der Waals surface area contributed by atoms with Crippen molar-refractivity contribution in [1.29, 1.82) is 0 Å². The molecule has 1 unspecified atom stereocenters. The molecular formula is C15H20FNO4. The van der Waals surface area contributed by atoms with Crippen molar-refractivity contribution in [3.63, 3.8) is 0 Å². The van der Waals surface area contributed by atoms with Gasteiger partial charge in [0, 0.05) is 12.8 Å². The van der Waals surface area contributed by atoms with E-state index in [4.69, 9.17) is 9.84 Å². The number of halogens is 1. The quantitative estimate of drug-likeness (QED) is 0.723. The molecule has 0 fully saturated rings. The predicted octanol–water partition coefficient (Wildman–Crippen LogP) is 2.66. The average Bonchev–Trinajstić information content (AvgIpc) is 2.42. The average molecular weight is 297 g/mol. The molecule has 0 saturated heterocycles. The van der Waals surface area contributed by atoms with Crippen LogP contribution < -0.4 is 10.1 Å². The number of nitrogens with one attached hydrogen (secondary N) is 1. The lowest BCUT2D eigenvalue weighted by molar-refractivity contribution is -0.137. The number of carbonyl (C=O) groups excluding carboxylic acids is 1. The van der Waals surface area contributed by atoms with Crippen molar-refractivity contribution >= 4 is 11.9 Å². The molecule has 6 heteroatoms. The van der Waals surface area contributed by atoms with E-state index in [2.05, 4.69) is 5.32 Å². The van der Waals surface area contributed by atoms with Crippen LogP contribution in [-0.4, -0.2) is 24.1 Å². The summed E-state index contributed by atoms with van der Waals surface area (Å²) in [5, 5.41) is 11.2. The molecule has 1 rings (SSSR count). The van der Waals surface area contributed by atoms with Gasteiger partial charge in [-0.25, -0.2) is 4.39 Å². The highest BCUT2D eigenvalue weighted by Gasteiger charge is 2.18. The zero-order valence-corrected chi connectivity index (χ0v) is 12.2. The van der Waals surface area contributed by atoms with Crippen molar-refractivity contribution < 1.29 is 23.8 Å². The minimum absolute atomic E-state index is 0.0456. The first-order valence-electron chi connectivity index (χ1n) is 6.79. The number of hydrogen-bond donors (Lipinski definition) is 2. The molecule has 1 amide bonds.